The zero-order valence-electron chi connectivity index (χ0n) is 17.4. The number of carbonyl (C=O) groups excluding carboxylic acids is 2. The minimum Gasteiger partial charge on any atom is -0.365 e. The molecule has 1 aliphatic rings. The molecule has 0 fully saturated rings. The molecule has 31 heavy (non-hydrogen) atoms. The van der Waals surface area contributed by atoms with Crippen LogP contribution in [0.5, 0.6) is 0 Å². The maximum atomic E-state index is 12.6. The first-order valence-electron chi connectivity index (χ1n) is 10.2. The molecule has 0 radical (unpaired) electrons. The maximum absolute atomic E-state index is 12.6. The Morgan fingerprint density at radius 1 is 1.23 bits per heavy atom. The first-order valence-corrected chi connectivity index (χ1v) is 12.0. The van der Waals surface area contributed by atoms with Crippen LogP contribution < -0.4 is 11.1 Å². The number of hydrogen-bond acceptors (Lipinski definition) is 7. The number of aryl methyl sites for hydroxylation is 1. The third kappa shape index (κ3) is 4.64. The summed E-state index contributed by atoms with van der Waals surface area (Å²) >= 11 is 2.70. The van der Waals surface area contributed by atoms with Gasteiger partial charge in [-0.15, -0.1) is 16.4 Å². The molecule has 2 heterocycles. The minimum atomic E-state index is -0.490. The first kappa shape index (κ1) is 21.5. The summed E-state index contributed by atoms with van der Waals surface area (Å²) in [6.45, 7) is 4.28. The van der Waals surface area contributed by atoms with Crippen LogP contribution in [0.2, 0.25) is 0 Å². The van der Waals surface area contributed by atoms with Crippen LogP contribution in [-0.2, 0) is 17.6 Å². The fraction of sp³-hybridized carbons (Fsp3) is 0.381. The molecule has 3 aromatic rings. The SMILES string of the molecule is CC(C)c1ccc(-n2nnnc2SCC(=O)Nc2sc3c(c2C(N)=O)CCCC3)cc1. The highest BCUT2D eigenvalue weighted by Crippen LogP contribution is 2.38. The summed E-state index contributed by atoms with van der Waals surface area (Å²) in [6, 6.07) is 8.02. The van der Waals surface area contributed by atoms with Gasteiger partial charge in [-0.1, -0.05) is 37.7 Å². The smallest absolute Gasteiger partial charge is 0.251 e. The molecule has 162 valence electrons. The normalized spacial score (nSPS) is 13.3. The monoisotopic (exact) mass is 456 g/mol. The summed E-state index contributed by atoms with van der Waals surface area (Å²) in [5, 5.41) is 15.8. The van der Waals surface area contributed by atoms with Gasteiger partial charge in [0.05, 0.1) is 17.0 Å². The molecule has 4 rings (SSSR count). The van der Waals surface area contributed by atoms with Crippen LogP contribution in [0.15, 0.2) is 29.4 Å². The number of benzene rings is 1. The van der Waals surface area contributed by atoms with Gasteiger partial charge in [0.15, 0.2) is 0 Å². The highest BCUT2D eigenvalue weighted by molar-refractivity contribution is 7.99. The lowest BCUT2D eigenvalue weighted by Gasteiger charge is -2.11. The molecule has 1 aliphatic carbocycles. The van der Waals surface area contributed by atoms with E-state index in [-0.39, 0.29) is 11.7 Å². The minimum absolute atomic E-state index is 0.116. The van der Waals surface area contributed by atoms with Gasteiger partial charge in [0.2, 0.25) is 11.1 Å². The van der Waals surface area contributed by atoms with Crippen LogP contribution in [0, 0.1) is 0 Å². The van der Waals surface area contributed by atoms with Crippen LogP contribution in [0.3, 0.4) is 0 Å². The molecule has 10 heteroatoms. The number of nitrogens with one attached hydrogen (secondary N) is 1. The number of rotatable bonds is 7. The van der Waals surface area contributed by atoms with E-state index >= 15 is 0 Å². The second kappa shape index (κ2) is 9.19. The number of thioether (sulfide) groups is 1. The Kier molecular flexibility index (Phi) is 6.38. The Balaban J connectivity index is 1.44. The maximum Gasteiger partial charge on any atom is 0.251 e. The number of nitrogens with zero attached hydrogens (tertiary/aromatic N) is 4. The highest BCUT2D eigenvalue weighted by Gasteiger charge is 2.25. The second-order valence-corrected chi connectivity index (χ2v) is 9.78. The van der Waals surface area contributed by atoms with Crippen molar-refractivity contribution in [1.82, 2.24) is 20.2 Å². The summed E-state index contributed by atoms with van der Waals surface area (Å²) in [7, 11) is 0. The van der Waals surface area contributed by atoms with Gasteiger partial charge in [-0.3, -0.25) is 9.59 Å². The van der Waals surface area contributed by atoms with Crippen molar-refractivity contribution in [3.63, 3.8) is 0 Å². The number of hydrogen-bond donors (Lipinski definition) is 2. The van der Waals surface area contributed by atoms with E-state index in [1.807, 2.05) is 24.3 Å². The molecule has 0 saturated heterocycles. The third-order valence-corrected chi connectivity index (χ3v) is 7.37. The summed E-state index contributed by atoms with van der Waals surface area (Å²) in [5.74, 6) is -0.161. The Morgan fingerprint density at radius 2 is 1.97 bits per heavy atom. The van der Waals surface area contributed by atoms with Crippen molar-refractivity contribution in [2.24, 2.45) is 5.73 Å². The molecule has 0 unspecified atom stereocenters. The molecule has 2 aromatic heterocycles. The van der Waals surface area contributed by atoms with Gasteiger partial charge in [-0.05, 0) is 65.3 Å². The molecule has 3 N–H and O–H groups in total. The zero-order valence-corrected chi connectivity index (χ0v) is 19.1. The first-order chi connectivity index (χ1) is 14.9. The molecule has 0 atom stereocenters. The number of thiophene rings is 1. The van der Waals surface area contributed by atoms with Crippen LogP contribution in [0.25, 0.3) is 5.69 Å². The number of primary amides is 1. The molecule has 0 aliphatic heterocycles. The quantitative estimate of drug-likeness (QED) is 0.525. The lowest BCUT2D eigenvalue weighted by Crippen LogP contribution is -2.19. The van der Waals surface area contributed by atoms with E-state index in [1.54, 1.807) is 4.68 Å². The van der Waals surface area contributed by atoms with Crippen molar-refractivity contribution >= 4 is 39.9 Å². The number of aromatic nitrogens is 4. The zero-order chi connectivity index (χ0) is 22.0. The summed E-state index contributed by atoms with van der Waals surface area (Å²) < 4.78 is 1.61. The molecule has 1 aromatic carbocycles. The van der Waals surface area contributed by atoms with E-state index in [4.69, 9.17) is 5.73 Å². The van der Waals surface area contributed by atoms with E-state index in [9.17, 15) is 9.59 Å². The fourth-order valence-corrected chi connectivity index (χ4v) is 5.64. The summed E-state index contributed by atoms with van der Waals surface area (Å²) in [6.07, 6.45) is 3.89. The van der Waals surface area contributed by atoms with Crippen molar-refractivity contribution < 1.29 is 9.59 Å². The van der Waals surface area contributed by atoms with E-state index in [1.165, 1.54) is 28.7 Å². The molecular weight excluding hydrogens is 432 g/mol. The topological polar surface area (TPSA) is 116 Å². The van der Waals surface area contributed by atoms with Crippen molar-refractivity contribution in [2.45, 2.75) is 50.6 Å². The molecule has 0 spiro atoms. The molecule has 0 bridgehead atoms. The second-order valence-electron chi connectivity index (χ2n) is 7.74. The summed E-state index contributed by atoms with van der Waals surface area (Å²) in [4.78, 5) is 25.7. The Hall–Kier alpha value is -2.72. The van der Waals surface area contributed by atoms with Gasteiger partial charge >= 0.3 is 0 Å². The fourth-order valence-electron chi connectivity index (χ4n) is 3.64. The molecule has 0 saturated carbocycles. The van der Waals surface area contributed by atoms with E-state index < -0.39 is 5.91 Å². The predicted octanol–water partition coefficient (Wildman–Crippen LogP) is 3.56. The molecule has 2 amide bonds. The Labute approximate surface area is 188 Å². The van der Waals surface area contributed by atoms with E-state index in [0.29, 0.717) is 21.6 Å². The third-order valence-electron chi connectivity index (χ3n) is 5.25. The number of carbonyl (C=O) groups is 2. The molecular formula is C21H24N6O2S2. The number of anilines is 1. The van der Waals surface area contributed by atoms with Crippen molar-refractivity contribution in [2.75, 3.05) is 11.1 Å². The van der Waals surface area contributed by atoms with Gasteiger partial charge in [-0.2, -0.15) is 4.68 Å². The van der Waals surface area contributed by atoms with Gasteiger partial charge < -0.3 is 11.1 Å². The van der Waals surface area contributed by atoms with Crippen LogP contribution in [-0.4, -0.2) is 37.8 Å². The lowest BCUT2D eigenvalue weighted by molar-refractivity contribution is -0.113. The number of amides is 2. The van der Waals surface area contributed by atoms with Gasteiger partial charge in [0.25, 0.3) is 5.91 Å². The van der Waals surface area contributed by atoms with Crippen LogP contribution >= 0.6 is 23.1 Å². The number of fused-ring (bicyclic) bond motifs is 1. The highest BCUT2D eigenvalue weighted by atomic mass is 32.2. The van der Waals surface area contributed by atoms with Crippen molar-refractivity contribution in [1.29, 1.82) is 0 Å². The Morgan fingerprint density at radius 3 is 2.68 bits per heavy atom. The lowest BCUT2D eigenvalue weighted by atomic mass is 9.95. The van der Waals surface area contributed by atoms with Crippen LogP contribution in [0.1, 0.15) is 59.0 Å². The largest absolute Gasteiger partial charge is 0.365 e. The molecule has 8 nitrogen and oxygen atoms in total. The van der Waals surface area contributed by atoms with Gasteiger partial charge in [0.1, 0.15) is 5.00 Å². The van der Waals surface area contributed by atoms with Crippen molar-refractivity contribution in [3.05, 3.63) is 45.8 Å². The van der Waals surface area contributed by atoms with Gasteiger partial charge in [0, 0.05) is 4.88 Å². The predicted molar refractivity (Wildman–Crippen MR) is 122 cm³/mol. The van der Waals surface area contributed by atoms with Gasteiger partial charge in [-0.25, -0.2) is 0 Å². The summed E-state index contributed by atoms with van der Waals surface area (Å²) in [5.41, 5.74) is 9.13. The number of tetrazole rings is 1. The standard InChI is InChI=1S/C21H24N6O2S2/c1-12(2)13-7-9-14(10-8-13)27-21(24-25-26-27)30-11-17(28)23-20-18(19(22)29)15-5-3-4-6-16(15)31-20/h7-10,12H,3-6,11H2,1-2H3,(H2,22,29)(H,23,28). The number of nitrogens with two attached hydrogens (primary N) is 1. The van der Waals surface area contributed by atoms with Crippen LogP contribution in [0.4, 0.5) is 5.00 Å². The average Bonchev–Trinajstić information content (AvgIpc) is 3.36. The van der Waals surface area contributed by atoms with E-state index in [0.717, 1.165) is 41.8 Å². The Bertz CT molecular complexity index is 1100. The average molecular weight is 457 g/mol. The van der Waals surface area contributed by atoms with E-state index in [2.05, 4.69) is 34.7 Å². The van der Waals surface area contributed by atoms with Crippen molar-refractivity contribution in [3.8, 4) is 5.69 Å².